The van der Waals surface area contributed by atoms with Crippen molar-refractivity contribution in [2.75, 3.05) is 13.7 Å². The first-order valence-electron chi connectivity index (χ1n) is 16.6. The van der Waals surface area contributed by atoms with Crippen LogP contribution in [0.1, 0.15) is 124 Å². The van der Waals surface area contributed by atoms with Crippen LogP contribution >= 0.6 is 12.0 Å². The lowest BCUT2D eigenvalue weighted by Gasteiger charge is -2.37. The maximum atomic E-state index is 11.7. The zero-order valence-corrected chi connectivity index (χ0v) is 32.9. The first-order chi connectivity index (χ1) is 20.2. The van der Waals surface area contributed by atoms with Crippen LogP contribution in [0.5, 0.6) is 0 Å². The standard InChI is InChI=1S/C28H51NO5S.C5H12.2C2H6/c1-12-13-14-19(3)25(33-27(29)31)23(7)26(34-35-28(8,9)10)21(5)16-18(2)15-20(4)24(32-11)22(6)17-30;1-5(2,3)4;2*1-2/h12-15,19-26,30H,1,16-17H2,2-11H3,(H2,29,31);1-4H3;2*1-2H3/b14-13-,18-15-;;;/t19?,20?,21-,22-,23+,24?,25-,26+;;;/m0.../s1. The monoisotopic (exact) mass is 646 g/mol. The molecule has 8 atom stereocenters. The summed E-state index contributed by atoms with van der Waals surface area (Å²) in [6.45, 7) is 39.4. The Morgan fingerprint density at radius 3 is 1.73 bits per heavy atom. The fraction of sp³-hybridized carbons (Fsp3) is 0.811. The third kappa shape index (κ3) is 27.1. The molecule has 0 rings (SSSR count). The maximum absolute atomic E-state index is 11.7. The molecule has 7 heteroatoms. The minimum absolute atomic E-state index is 0.0487. The predicted molar refractivity (Wildman–Crippen MR) is 196 cm³/mol. The van der Waals surface area contributed by atoms with Gasteiger partial charge in [0.2, 0.25) is 0 Å². The van der Waals surface area contributed by atoms with Crippen molar-refractivity contribution in [2.24, 2.45) is 40.7 Å². The summed E-state index contributed by atoms with van der Waals surface area (Å²) < 4.78 is 17.6. The van der Waals surface area contributed by atoms with Gasteiger partial charge in [-0.1, -0.05) is 126 Å². The van der Waals surface area contributed by atoms with Gasteiger partial charge in [0.1, 0.15) is 6.10 Å². The molecular weight excluding hydrogens is 570 g/mol. The lowest BCUT2D eigenvalue weighted by Crippen LogP contribution is -2.42. The Bertz CT molecular complexity index is 763. The molecule has 6 nitrogen and oxygen atoms in total. The summed E-state index contributed by atoms with van der Waals surface area (Å²) >= 11 is 1.45. The number of carbonyl (C=O) groups excluding carboxylic acids is 1. The predicted octanol–water partition coefficient (Wildman–Crippen LogP) is 10.7. The highest BCUT2D eigenvalue weighted by atomic mass is 32.2. The van der Waals surface area contributed by atoms with Crippen molar-refractivity contribution < 1.29 is 23.6 Å². The van der Waals surface area contributed by atoms with E-state index in [-0.39, 0.29) is 53.2 Å². The van der Waals surface area contributed by atoms with Gasteiger partial charge in [0.05, 0.1) is 12.2 Å². The molecule has 3 N–H and O–H groups in total. The van der Waals surface area contributed by atoms with E-state index in [0.29, 0.717) is 5.41 Å². The van der Waals surface area contributed by atoms with Crippen LogP contribution in [0.2, 0.25) is 0 Å². The third-order valence-corrected chi connectivity index (χ3v) is 6.98. The summed E-state index contributed by atoms with van der Waals surface area (Å²) in [6, 6.07) is 0. The van der Waals surface area contributed by atoms with Crippen LogP contribution in [0.4, 0.5) is 4.79 Å². The van der Waals surface area contributed by atoms with Gasteiger partial charge in [-0.25, -0.2) is 4.79 Å². The first kappa shape index (κ1) is 49.6. The van der Waals surface area contributed by atoms with E-state index >= 15 is 0 Å². The minimum Gasteiger partial charge on any atom is -0.445 e. The zero-order chi connectivity index (χ0) is 35.8. The van der Waals surface area contributed by atoms with Crippen molar-refractivity contribution in [3.8, 4) is 0 Å². The molecule has 0 saturated heterocycles. The molecule has 0 aromatic heterocycles. The summed E-state index contributed by atoms with van der Waals surface area (Å²) in [5.74, 6) is 0.183. The summed E-state index contributed by atoms with van der Waals surface area (Å²) in [7, 11) is 1.69. The molecule has 1 amide bonds. The van der Waals surface area contributed by atoms with Crippen LogP contribution in [0.15, 0.2) is 36.5 Å². The highest BCUT2D eigenvalue weighted by molar-refractivity contribution is 7.96. The topological polar surface area (TPSA) is 91.0 Å². The number of aliphatic hydroxyl groups is 1. The van der Waals surface area contributed by atoms with Crippen LogP contribution in [0.3, 0.4) is 0 Å². The number of hydrogen-bond donors (Lipinski definition) is 2. The smallest absolute Gasteiger partial charge is 0.404 e. The highest BCUT2D eigenvalue weighted by Crippen LogP contribution is 2.36. The molecular formula is C37H75NO5S. The van der Waals surface area contributed by atoms with Crippen molar-refractivity contribution >= 4 is 18.1 Å². The zero-order valence-electron chi connectivity index (χ0n) is 32.1. The van der Waals surface area contributed by atoms with Gasteiger partial charge in [0, 0.05) is 42.1 Å². The fourth-order valence-corrected chi connectivity index (χ4v) is 5.35. The number of amides is 1. The Balaban J connectivity index is -0.000000786. The van der Waals surface area contributed by atoms with Gasteiger partial charge in [-0.05, 0) is 57.5 Å². The fourth-order valence-electron chi connectivity index (χ4n) is 4.58. The third-order valence-electron chi connectivity index (χ3n) is 6.16. The number of ether oxygens (including phenoxy) is 2. The molecule has 264 valence electrons. The maximum Gasteiger partial charge on any atom is 0.404 e. The number of aliphatic hydroxyl groups excluding tert-OH is 1. The molecule has 3 unspecified atom stereocenters. The molecule has 0 aromatic carbocycles. The van der Waals surface area contributed by atoms with Crippen molar-refractivity contribution in [1.29, 1.82) is 0 Å². The number of nitrogens with two attached hydrogens (primary N) is 1. The molecule has 0 saturated carbocycles. The van der Waals surface area contributed by atoms with Crippen LogP contribution in [0, 0.1) is 35.0 Å². The normalized spacial score (nSPS) is 17.5. The number of allylic oxidation sites excluding steroid dienone is 3. The second kappa shape index (κ2) is 26.9. The molecule has 0 spiro atoms. The SMILES string of the molecule is C=C/C=C\C(C)[C@H](OC(N)=O)[C@@H](C)[C@H](OSC(C)(C)C)[C@@H](C)C/C(C)=C\C(C)C(OC)[C@@H](C)CO.CC.CC.CC(C)(C)C. The molecule has 0 fully saturated rings. The van der Waals surface area contributed by atoms with Gasteiger partial charge in [-0.2, -0.15) is 0 Å². The van der Waals surface area contributed by atoms with E-state index in [9.17, 15) is 9.90 Å². The van der Waals surface area contributed by atoms with Gasteiger partial charge in [-0.3, -0.25) is 0 Å². The largest absolute Gasteiger partial charge is 0.445 e. The van der Waals surface area contributed by atoms with Crippen LogP contribution in [0.25, 0.3) is 0 Å². The van der Waals surface area contributed by atoms with E-state index in [0.717, 1.165) is 6.42 Å². The van der Waals surface area contributed by atoms with Crippen molar-refractivity contribution in [3.63, 3.8) is 0 Å². The molecule has 0 bridgehead atoms. The number of carbonyl (C=O) groups is 1. The number of hydrogen-bond acceptors (Lipinski definition) is 6. The lowest BCUT2D eigenvalue weighted by atomic mass is 9.81. The Morgan fingerprint density at radius 1 is 0.886 bits per heavy atom. The summed E-state index contributed by atoms with van der Waals surface area (Å²) in [5.41, 5.74) is 7.17. The van der Waals surface area contributed by atoms with Gasteiger partial charge in [0.15, 0.2) is 0 Å². The van der Waals surface area contributed by atoms with Gasteiger partial charge >= 0.3 is 6.09 Å². The number of rotatable bonds is 16. The molecule has 0 aliphatic carbocycles. The van der Waals surface area contributed by atoms with Crippen molar-refractivity contribution in [2.45, 2.75) is 147 Å². The summed E-state index contributed by atoms with van der Waals surface area (Å²) in [4.78, 5) is 11.7. The van der Waals surface area contributed by atoms with E-state index in [2.05, 4.69) is 88.8 Å². The Morgan fingerprint density at radius 2 is 1.36 bits per heavy atom. The Kier molecular flexibility index (Phi) is 30.3. The molecule has 0 aliphatic rings. The summed E-state index contributed by atoms with van der Waals surface area (Å²) in [5, 5.41) is 9.56. The molecule has 0 radical (unpaired) electrons. The molecule has 0 aromatic rings. The van der Waals surface area contributed by atoms with Crippen molar-refractivity contribution in [3.05, 3.63) is 36.5 Å². The second-order valence-electron chi connectivity index (χ2n) is 13.9. The minimum atomic E-state index is -0.788. The average Bonchev–Trinajstić information content (AvgIpc) is 2.90. The van der Waals surface area contributed by atoms with Crippen LogP contribution in [-0.4, -0.2) is 48.0 Å². The molecule has 44 heavy (non-hydrogen) atoms. The first-order valence-corrected chi connectivity index (χ1v) is 17.3. The Labute approximate surface area is 279 Å². The van der Waals surface area contributed by atoms with E-state index in [1.807, 2.05) is 53.7 Å². The lowest BCUT2D eigenvalue weighted by molar-refractivity contribution is -0.00862. The number of methoxy groups -OCH3 is 1. The second-order valence-corrected chi connectivity index (χ2v) is 15.5. The van der Waals surface area contributed by atoms with Crippen LogP contribution in [-0.2, 0) is 13.7 Å². The highest BCUT2D eigenvalue weighted by Gasteiger charge is 2.36. The van der Waals surface area contributed by atoms with Gasteiger partial charge in [0.25, 0.3) is 0 Å². The molecule has 0 heterocycles. The average molecular weight is 646 g/mol. The van der Waals surface area contributed by atoms with E-state index < -0.39 is 12.2 Å². The van der Waals surface area contributed by atoms with Crippen molar-refractivity contribution in [1.82, 2.24) is 0 Å². The van der Waals surface area contributed by atoms with E-state index in [4.69, 9.17) is 19.4 Å². The van der Waals surface area contributed by atoms with Crippen LogP contribution < -0.4 is 5.73 Å². The molecule has 0 aliphatic heterocycles. The Hall–Kier alpha value is -1.28. The summed E-state index contributed by atoms with van der Waals surface area (Å²) in [6.07, 6.45) is 7.09. The van der Waals surface area contributed by atoms with E-state index in [1.54, 1.807) is 13.2 Å². The van der Waals surface area contributed by atoms with E-state index in [1.165, 1.54) is 17.6 Å². The van der Waals surface area contributed by atoms with Gasteiger partial charge in [-0.15, -0.1) is 0 Å². The quantitative estimate of drug-likeness (QED) is 0.0986. The number of primary amides is 1. The van der Waals surface area contributed by atoms with Gasteiger partial charge < -0.3 is 24.5 Å².